The van der Waals surface area contributed by atoms with Gasteiger partial charge in [0.15, 0.2) is 0 Å². The van der Waals surface area contributed by atoms with Crippen molar-refractivity contribution in [2.24, 2.45) is 0 Å². The average Bonchev–Trinajstić information content (AvgIpc) is 2.59. The maximum absolute atomic E-state index is 11.9. The molecule has 7 nitrogen and oxygen atoms in total. The Morgan fingerprint density at radius 3 is 2.64 bits per heavy atom. The van der Waals surface area contributed by atoms with E-state index in [0.717, 1.165) is 0 Å². The van der Waals surface area contributed by atoms with Gasteiger partial charge in [0.25, 0.3) is 5.91 Å². The number of hydrogen-bond donors (Lipinski definition) is 3. The van der Waals surface area contributed by atoms with Crippen LogP contribution in [0.25, 0.3) is 0 Å². The minimum Gasteiger partial charge on any atom is -0.497 e. The second-order valence-corrected chi connectivity index (χ2v) is 4.86. The van der Waals surface area contributed by atoms with E-state index in [1.807, 2.05) is 0 Å². The zero-order valence-electron chi connectivity index (χ0n) is 12.6. The van der Waals surface area contributed by atoms with Crippen LogP contribution in [0.2, 0.25) is 0 Å². The number of hydrogen-bond acceptors (Lipinski definition) is 5. The molecule has 2 rings (SSSR count). The number of morpholine rings is 1. The lowest BCUT2D eigenvalue weighted by Gasteiger charge is -2.22. The Hall–Kier alpha value is -2.12. The van der Waals surface area contributed by atoms with Gasteiger partial charge < -0.3 is 25.4 Å². The van der Waals surface area contributed by atoms with Crippen LogP contribution in [-0.2, 0) is 9.53 Å². The van der Waals surface area contributed by atoms with E-state index < -0.39 is 0 Å². The summed E-state index contributed by atoms with van der Waals surface area (Å²) < 4.78 is 10.3. The van der Waals surface area contributed by atoms with E-state index in [1.165, 1.54) is 0 Å². The van der Waals surface area contributed by atoms with Gasteiger partial charge in [0.2, 0.25) is 5.91 Å². The van der Waals surface area contributed by atoms with E-state index in [2.05, 4.69) is 16.0 Å². The highest BCUT2D eigenvalue weighted by Gasteiger charge is 2.20. The summed E-state index contributed by atoms with van der Waals surface area (Å²) in [7, 11) is 1.57. The van der Waals surface area contributed by atoms with Crippen LogP contribution < -0.4 is 20.7 Å². The highest BCUT2D eigenvalue weighted by atomic mass is 16.5. The highest BCUT2D eigenvalue weighted by Crippen LogP contribution is 2.10. The number of benzene rings is 1. The molecule has 1 fully saturated rings. The molecule has 1 aromatic rings. The fraction of sp³-hybridized carbons (Fsp3) is 0.467. The summed E-state index contributed by atoms with van der Waals surface area (Å²) in [6.07, 6.45) is 0. The molecule has 1 saturated heterocycles. The first kappa shape index (κ1) is 16.3. The summed E-state index contributed by atoms with van der Waals surface area (Å²) in [4.78, 5) is 23.7. The molecule has 7 heteroatoms. The van der Waals surface area contributed by atoms with E-state index in [4.69, 9.17) is 9.47 Å². The van der Waals surface area contributed by atoms with Crippen molar-refractivity contribution in [1.29, 1.82) is 0 Å². The molecule has 0 aromatic heterocycles. The zero-order chi connectivity index (χ0) is 15.8. The van der Waals surface area contributed by atoms with Crippen molar-refractivity contribution in [3.8, 4) is 5.75 Å². The first-order valence-corrected chi connectivity index (χ1v) is 7.22. The number of rotatable bonds is 6. The molecular weight excluding hydrogens is 286 g/mol. The molecule has 3 N–H and O–H groups in total. The van der Waals surface area contributed by atoms with E-state index in [-0.39, 0.29) is 17.9 Å². The van der Waals surface area contributed by atoms with Gasteiger partial charge in [-0.3, -0.25) is 9.59 Å². The molecule has 120 valence electrons. The van der Waals surface area contributed by atoms with Gasteiger partial charge in [-0.1, -0.05) is 0 Å². The minimum absolute atomic E-state index is 0.113. The van der Waals surface area contributed by atoms with Crippen LogP contribution in [0.1, 0.15) is 10.4 Å². The summed E-state index contributed by atoms with van der Waals surface area (Å²) in [5, 5.41) is 8.58. The predicted octanol–water partition coefficient (Wildman–Crippen LogP) is -0.470. The van der Waals surface area contributed by atoms with Crippen molar-refractivity contribution >= 4 is 11.8 Å². The molecule has 0 bridgehead atoms. The number of carbonyl (C=O) groups excluding carboxylic acids is 2. The third kappa shape index (κ3) is 4.71. The van der Waals surface area contributed by atoms with Gasteiger partial charge >= 0.3 is 0 Å². The van der Waals surface area contributed by atoms with Crippen molar-refractivity contribution in [3.05, 3.63) is 29.8 Å². The van der Waals surface area contributed by atoms with Crippen molar-refractivity contribution in [1.82, 2.24) is 16.0 Å². The third-order valence-electron chi connectivity index (χ3n) is 3.30. The van der Waals surface area contributed by atoms with Crippen LogP contribution in [0.5, 0.6) is 5.75 Å². The summed E-state index contributed by atoms with van der Waals surface area (Å²) in [5.74, 6) is 0.403. The SMILES string of the molecule is COc1ccc(C(=O)NCCNC(=O)C2COCCN2)cc1. The van der Waals surface area contributed by atoms with E-state index in [0.29, 0.717) is 44.2 Å². The molecule has 0 radical (unpaired) electrons. The Morgan fingerprint density at radius 2 is 2.00 bits per heavy atom. The highest BCUT2D eigenvalue weighted by molar-refractivity contribution is 5.94. The van der Waals surface area contributed by atoms with Crippen LogP contribution in [0.4, 0.5) is 0 Å². The van der Waals surface area contributed by atoms with Gasteiger partial charge in [-0.15, -0.1) is 0 Å². The number of methoxy groups -OCH3 is 1. The Labute approximate surface area is 129 Å². The molecule has 0 aliphatic carbocycles. The standard InChI is InChI=1S/C15H21N3O4/c1-21-12-4-2-11(3-5-12)14(19)17-6-7-18-15(20)13-10-22-9-8-16-13/h2-5,13,16H,6-10H2,1H3,(H,17,19)(H,18,20). The summed E-state index contributed by atoms with van der Waals surface area (Å²) >= 11 is 0. The Balaban J connectivity index is 1.66. The van der Waals surface area contributed by atoms with Crippen LogP contribution in [0.3, 0.4) is 0 Å². The molecule has 1 aliphatic heterocycles. The van der Waals surface area contributed by atoms with Gasteiger partial charge in [0, 0.05) is 25.2 Å². The zero-order valence-corrected chi connectivity index (χ0v) is 12.6. The lowest BCUT2D eigenvalue weighted by Crippen LogP contribution is -2.52. The second kappa shape index (κ2) is 8.35. The normalized spacial score (nSPS) is 17.6. The first-order valence-electron chi connectivity index (χ1n) is 7.22. The van der Waals surface area contributed by atoms with E-state index in [9.17, 15) is 9.59 Å². The molecule has 0 spiro atoms. The molecule has 0 saturated carbocycles. The van der Waals surface area contributed by atoms with Gasteiger partial charge in [-0.05, 0) is 24.3 Å². The fourth-order valence-corrected chi connectivity index (χ4v) is 2.06. The molecular formula is C15H21N3O4. The molecule has 22 heavy (non-hydrogen) atoms. The summed E-state index contributed by atoms with van der Waals surface area (Å²) in [6, 6.07) is 6.52. The maximum Gasteiger partial charge on any atom is 0.251 e. The van der Waals surface area contributed by atoms with Crippen molar-refractivity contribution < 1.29 is 19.1 Å². The topological polar surface area (TPSA) is 88.7 Å². The lowest BCUT2D eigenvalue weighted by molar-refractivity contribution is -0.125. The molecule has 1 aliphatic rings. The quantitative estimate of drug-likeness (QED) is 0.618. The number of amides is 2. The van der Waals surface area contributed by atoms with Crippen LogP contribution in [-0.4, -0.2) is 57.8 Å². The molecule has 2 amide bonds. The predicted molar refractivity (Wildman–Crippen MR) is 80.9 cm³/mol. The first-order chi connectivity index (χ1) is 10.7. The maximum atomic E-state index is 11.9. The second-order valence-electron chi connectivity index (χ2n) is 4.86. The molecule has 1 atom stereocenters. The third-order valence-corrected chi connectivity index (χ3v) is 3.30. The number of nitrogens with one attached hydrogen (secondary N) is 3. The lowest BCUT2D eigenvalue weighted by atomic mass is 10.2. The van der Waals surface area contributed by atoms with E-state index in [1.54, 1.807) is 31.4 Å². The summed E-state index contributed by atoms with van der Waals surface area (Å²) in [6.45, 7) is 2.42. The van der Waals surface area contributed by atoms with Crippen molar-refractivity contribution in [2.75, 3.05) is 40.0 Å². The van der Waals surface area contributed by atoms with Crippen LogP contribution in [0, 0.1) is 0 Å². The van der Waals surface area contributed by atoms with Crippen molar-refractivity contribution in [3.63, 3.8) is 0 Å². The molecule has 1 unspecified atom stereocenters. The van der Waals surface area contributed by atoms with Gasteiger partial charge in [0.1, 0.15) is 11.8 Å². The van der Waals surface area contributed by atoms with Gasteiger partial charge in [0.05, 0.1) is 20.3 Å². The van der Waals surface area contributed by atoms with E-state index >= 15 is 0 Å². The number of carbonyl (C=O) groups is 2. The van der Waals surface area contributed by atoms with Crippen molar-refractivity contribution in [2.45, 2.75) is 6.04 Å². The van der Waals surface area contributed by atoms with Crippen LogP contribution in [0.15, 0.2) is 24.3 Å². The van der Waals surface area contributed by atoms with Crippen LogP contribution >= 0.6 is 0 Å². The molecule has 1 aromatic carbocycles. The Bertz CT molecular complexity index is 498. The number of ether oxygens (including phenoxy) is 2. The van der Waals surface area contributed by atoms with Gasteiger partial charge in [-0.2, -0.15) is 0 Å². The Morgan fingerprint density at radius 1 is 1.27 bits per heavy atom. The largest absolute Gasteiger partial charge is 0.497 e. The molecule has 1 heterocycles. The fourth-order valence-electron chi connectivity index (χ4n) is 2.06. The van der Waals surface area contributed by atoms with Gasteiger partial charge in [-0.25, -0.2) is 0 Å². The summed E-state index contributed by atoms with van der Waals surface area (Å²) in [5.41, 5.74) is 0.550. The smallest absolute Gasteiger partial charge is 0.251 e. The average molecular weight is 307 g/mol. The minimum atomic E-state index is -0.314. The Kier molecular flexibility index (Phi) is 6.17. The monoisotopic (exact) mass is 307 g/mol.